The van der Waals surface area contributed by atoms with Gasteiger partial charge in [-0.25, -0.2) is 0 Å². The van der Waals surface area contributed by atoms with Crippen molar-refractivity contribution in [1.29, 1.82) is 0 Å². The molecule has 0 radical (unpaired) electrons. The van der Waals surface area contributed by atoms with Gasteiger partial charge in [0, 0.05) is 13.2 Å². The molecule has 1 aliphatic heterocycles. The number of fused-ring (bicyclic) bond motifs is 1. The van der Waals surface area contributed by atoms with Crippen molar-refractivity contribution in [3.8, 4) is 0 Å². The second kappa shape index (κ2) is 7.92. The number of rotatable bonds is 10. The summed E-state index contributed by atoms with van der Waals surface area (Å²) in [5.41, 5.74) is 0. The van der Waals surface area contributed by atoms with Crippen molar-refractivity contribution in [1.82, 2.24) is 0 Å². The minimum atomic E-state index is -1.86. The van der Waals surface area contributed by atoms with Crippen LogP contribution >= 0.6 is 0 Å². The van der Waals surface area contributed by atoms with Crippen molar-refractivity contribution in [3.05, 3.63) is 0 Å². The van der Waals surface area contributed by atoms with E-state index in [0.29, 0.717) is 12.2 Å². The Balaban J connectivity index is 1.53. The Labute approximate surface area is 125 Å². The first kappa shape index (κ1) is 16.5. The van der Waals surface area contributed by atoms with Gasteiger partial charge in [0.05, 0.1) is 12.2 Å². The third-order valence-corrected chi connectivity index (χ3v) is 7.82. The molecule has 1 heterocycles. The van der Waals surface area contributed by atoms with Gasteiger partial charge in [0.2, 0.25) is 0 Å². The summed E-state index contributed by atoms with van der Waals surface area (Å²) in [6.45, 7) is 7.92. The molecule has 1 saturated heterocycles. The Kier molecular flexibility index (Phi) is 6.52. The minimum Gasteiger partial charge on any atom is -0.395 e. The van der Waals surface area contributed by atoms with Gasteiger partial charge in [-0.15, -0.1) is 0 Å². The van der Waals surface area contributed by atoms with Gasteiger partial charge in [0.25, 0.3) is 0 Å². The molecule has 1 aliphatic carbocycles. The van der Waals surface area contributed by atoms with Crippen molar-refractivity contribution in [2.45, 2.75) is 83.6 Å². The molecule has 2 aliphatic rings. The molecule has 0 spiro atoms. The molecule has 2 fully saturated rings. The summed E-state index contributed by atoms with van der Waals surface area (Å²) in [6, 6.07) is 1.15. The smallest absolute Gasteiger partial charge is 0.334 e. The van der Waals surface area contributed by atoms with E-state index in [1.165, 1.54) is 44.9 Å². The van der Waals surface area contributed by atoms with E-state index in [4.69, 9.17) is 13.6 Å². The second-order valence-corrected chi connectivity index (χ2v) is 9.84. The highest BCUT2D eigenvalue weighted by Crippen LogP contribution is 2.41. The zero-order valence-electron chi connectivity index (χ0n) is 13.5. The molecule has 0 aromatic heterocycles. The maximum Gasteiger partial charge on any atom is 0.334 e. The first-order chi connectivity index (χ1) is 9.67. The van der Waals surface area contributed by atoms with Crippen LogP contribution in [0, 0.1) is 5.92 Å². The highest BCUT2D eigenvalue weighted by atomic mass is 28.4. The number of hydrogen-bond donors (Lipinski definition) is 0. The van der Waals surface area contributed by atoms with Crippen LogP contribution in [0.3, 0.4) is 0 Å². The summed E-state index contributed by atoms with van der Waals surface area (Å²) in [5, 5.41) is 0. The molecule has 0 amide bonds. The lowest BCUT2D eigenvalue weighted by atomic mass is 9.86. The van der Waals surface area contributed by atoms with Crippen LogP contribution in [-0.4, -0.2) is 34.0 Å². The number of epoxide rings is 1. The van der Waals surface area contributed by atoms with Gasteiger partial charge in [-0.2, -0.15) is 0 Å². The van der Waals surface area contributed by atoms with Crippen LogP contribution < -0.4 is 0 Å². The number of unbranched alkanes of at least 4 members (excludes halogenated alkanes) is 2. The van der Waals surface area contributed by atoms with Crippen LogP contribution in [0.5, 0.6) is 0 Å². The van der Waals surface area contributed by atoms with Gasteiger partial charge < -0.3 is 13.6 Å². The summed E-state index contributed by atoms with van der Waals surface area (Å²) >= 11 is 0. The fraction of sp³-hybridized carbons (Fsp3) is 1.00. The first-order valence-corrected chi connectivity index (χ1v) is 11.1. The monoisotopic (exact) mass is 300 g/mol. The molecular formula is C16H32O3Si. The highest BCUT2D eigenvalue weighted by molar-refractivity contribution is 6.66. The fourth-order valence-corrected chi connectivity index (χ4v) is 6.09. The molecule has 1 saturated carbocycles. The Morgan fingerprint density at radius 3 is 2.40 bits per heavy atom. The van der Waals surface area contributed by atoms with Crippen molar-refractivity contribution < 1.29 is 13.6 Å². The molecule has 3 atom stereocenters. The van der Waals surface area contributed by atoms with E-state index in [9.17, 15) is 0 Å². The molecule has 3 unspecified atom stereocenters. The molecular weight excluding hydrogens is 268 g/mol. The van der Waals surface area contributed by atoms with Gasteiger partial charge in [-0.05, 0) is 51.6 Å². The maximum atomic E-state index is 5.89. The van der Waals surface area contributed by atoms with E-state index in [1.807, 2.05) is 0 Å². The average Bonchev–Trinajstić information content (AvgIpc) is 3.17. The van der Waals surface area contributed by atoms with Crippen LogP contribution in [-0.2, 0) is 13.6 Å². The topological polar surface area (TPSA) is 31.0 Å². The third-order valence-electron chi connectivity index (χ3n) is 4.76. The fourth-order valence-electron chi connectivity index (χ4n) is 3.60. The van der Waals surface area contributed by atoms with Crippen LogP contribution in [0.15, 0.2) is 0 Å². The highest BCUT2D eigenvalue weighted by Gasteiger charge is 2.43. The molecule has 2 rings (SSSR count). The van der Waals surface area contributed by atoms with Crippen molar-refractivity contribution in [2.75, 3.05) is 13.2 Å². The number of hydrogen-bond acceptors (Lipinski definition) is 3. The standard InChI is InChI=1S/C16H32O3Si/c1-4-17-20(3,18-5-2)12-8-6-7-9-14-10-11-15-16(13-14)19-15/h14-16H,4-13H2,1-3H3. The molecule has 0 N–H and O–H groups in total. The minimum absolute atomic E-state index is 0.639. The van der Waals surface area contributed by atoms with Crippen molar-refractivity contribution >= 4 is 8.56 Å². The van der Waals surface area contributed by atoms with Crippen molar-refractivity contribution in [2.24, 2.45) is 5.92 Å². The van der Waals surface area contributed by atoms with E-state index < -0.39 is 8.56 Å². The van der Waals surface area contributed by atoms with Gasteiger partial charge in [-0.1, -0.05) is 25.7 Å². The third kappa shape index (κ3) is 5.13. The van der Waals surface area contributed by atoms with Crippen LogP contribution in [0.2, 0.25) is 12.6 Å². The van der Waals surface area contributed by atoms with Crippen LogP contribution in [0.25, 0.3) is 0 Å². The summed E-state index contributed by atoms with van der Waals surface area (Å²) in [7, 11) is -1.86. The molecule has 0 aromatic carbocycles. The van der Waals surface area contributed by atoms with E-state index in [1.54, 1.807) is 0 Å². The van der Waals surface area contributed by atoms with Gasteiger partial charge >= 0.3 is 8.56 Å². The molecule has 0 bridgehead atoms. The Hall–Kier alpha value is 0.0969. The number of ether oxygens (including phenoxy) is 1. The summed E-state index contributed by atoms with van der Waals surface area (Å²) in [5.74, 6) is 0.932. The second-order valence-electron chi connectivity index (χ2n) is 6.49. The van der Waals surface area contributed by atoms with Gasteiger partial charge in [0.1, 0.15) is 0 Å². The molecule has 20 heavy (non-hydrogen) atoms. The molecule has 118 valence electrons. The molecule has 0 aromatic rings. The van der Waals surface area contributed by atoms with E-state index >= 15 is 0 Å². The summed E-state index contributed by atoms with van der Waals surface area (Å²) in [6.07, 6.45) is 10.7. The average molecular weight is 301 g/mol. The maximum absolute atomic E-state index is 5.89. The van der Waals surface area contributed by atoms with Gasteiger partial charge in [0.15, 0.2) is 0 Å². The predicted octanol–water partition coefficient (Wildman–Crippen LogP) is 4.26. The van der Waals surface area contributed by atoms with Gasteiger partial charge in [-0.3, -0.25) is 0 Å². The zero-order chi connectivity index (χ0) is 14.4. The van der Waals surface area contributed by atoms with E-state index in [2.05, 4.69) is 20.4 Å². The Morgan fingerprint density at radius 1 is 1.00 bits per heavy atom. The van der Waals surface area contributed by atoms with E-state index in [-0.39, 0.29) is 0 Å². The Bertz CT molecular complexity index is 279. The largest absolute Gasteiger partial charge is 0.395 e. The SMILES string of the molecule is CCO[Si](C)(CCCCCC1CCC2OC2C1)OCC. The zero-order valence-corrected chi connectivity index (χ0v) is 14.5. The Morgan fingerprint density at radius 2 is 1.75 bits per heavy atom. The van der Waals surface area contributed by atoms with Crippen LogP contribution in [0.4, 0.5) is 0 Å². The molecule has 4 heteroatoms. The van der Waals surface area contributed by atoms with Crippen LogP contribution in [0.1, 0.15) is 58.8 Å². The van der Waals surface area contributed by atoms with E-state index in [0.717, 1.165) is 25.2 Å². The summed E-state index contributed by atoms with van der Waals surface area (Å²) < 4.78 is 17.4. The molecule has 3 nitrogen and oxygen atoms in total. The first-order valence-electron chi connectivity index (χ1n) is 8.60. The summed E-state index contributed by atoms with van der Waals surface area (Å²) in [4.78, 5) is 0. The van der Waals surface area contributed by atoms with Crippen molar-refractivity contribution in [3.63, 3.8) is 0 Å². The lowest BCUT2D eigenvalue weighted by Crippen LogP contribution is -2.38. The lowest BCUT2D eigenvalue weighted by Gasteiger charge is -2.26. The lowest BCUT2D eigenvalue weighted by molar-refractivity contribution is 0.188. The quantitative estimate of drug-likeness (QED) is 0.343. The normalized spacial score (nSPS) is 29.2. The predicted molar refractivity (Wildman–Crippen MR) is 84.1 cm³/mol.